The molecule has 0 spiro atoms. The summed E-state index contributed by atoms with van der Waals surface area (Å²) in [5, 5.41) is 3.07. The summed E-state index contributed by atoms with van der Waals surface area (Å²) >= 11 is 0. The fraction of sp³-hybridized carbons (Fsp3) is 0.200. The zero-order chi connectivity index (χ0) is 21.6. The highest BCUT2D eigenvalue weighted by Gasteiger charge is 2.16. The maximum absolute atomic E-state index is 12.8. The molecule has 0 aliphatic rings. The lowest BCUT2D eigenvalue weighted by Crippen LogP contribution is -2.30. The Labute approximate surface area is 181 Å². The standard InChI is InChI=1S/C25H25N3O3/c1-18(19-10-4-3-5-11-19)26-25(29)16-28-21-13-7-6-12-20(21)27-24(28)17-31-23-15-9-8-14-22(23)30-2/h3-15,18H,16-17H2,1-2H3,(H,26,29). The first kappa shape index (κ1) is 20.5. The molecular weight excluding hydrogens is 390 g/mol. The van der Waals surface area contributed by atoms with Gasteiger partial charge in [-0.05, 0) is 36.8 Å². The Hall–Kier alpha value is -3.80. The van der Waals surface area contributed by atoms with Crippen molar-refractivity contribution < 1.29 is 14.3 Å². The van der Waals surface area contributed by atoms with Gasteiger partial charge in [0.2, 0.25) is 5.91 Å². The van der Waals surface area contributed by atoms with E-state index in [4.69, 9.17) is 14.5 Å². The van der Waals surface area contributed by atoms with Crippen LogP contribution < -0.4 is 14.8 Å². The van der Waals surface area contributed by atoms with E-state index >= 15 is 0 Å². The number of aromatic nitrogens is 2. The molecule has 0 aliphatic heterocycles. The molecule has 1 aromatic heterocycles. The van der Waals surface area contributed by atoms with Gasteiger partial charge in [-0.25, -0.2) is 4.98 Å². The van der Waals surface area contributed by atoms with Crippen LogP contribution in [0.1, 0.15) is 24.4 Å². The largest absolute Gasteiger partial charge is 0.493 e. The second kappa shape index (κ2) is 9.34. The first-order chi connectivity index (χ1) is 15.2. The van der Waals surface area contributed by atoms with Crippen molar-refractivity contribution in [2.24, 2.45) is 0 Å². The number of hydrogen-bond acceptors (Lipinski definition) is 4. The second-order valence-electron chi connectivity index (χ2n) is 7.24. The highest BCUT2D eigenvalue weighted by Crippen LogP contribution is 2.27. The third-order valence-corrected chi connectivity index (χ3v) is 5.14. The molecule has 1 heterocycles. The van der Waals surface area contributed by atoms with Crippen molar-refractivity contribution >= 4 is 16.9 Å². The molecule has 6 nitrogen and oxygen atoms in total. The summed E-state index contributed by atoms with van der Waals surface area (Å²) in [5.41, 5.74) is 2.78. The van der Waals surface area contributed by atoms with E-state index in [9.17, 15) is 4.79 Å². The molecule has 1 amide bonds. The zero-order valence-corrected chi connectivity index (χ0v) is 17.6. The molecule has 31 heavy (non-hydrogen) atoms. The monoisotopic (exact) mass is 415 g/mol. The van der Waals surface area contributed by atoms with Gasteiger partial charge >= 0.3 is 0 Å². The van der Waals surface area contributed by atoms with Gasteiger partial charge in [0.15, 0.2) is 11.5 Å². The van der Waals surface area contributed by atoms with Gasteiger partial charge in [-0.15, -0.1) is 0 Å². The van der Waals surface area contributed by atoms with Crippen LogP contribution in [0.3, 0.4) is 0 Å². The summed E-state index contributed by atoms with van der Waals surface area (Å²) in [4.78, 5) is 17.5. The number of nitrogens with one attached hydrogen (secondary N) is 1. The molecule has 0 aliphatic carbocycles. The fourth-order valence-electron chi connectivity index (χ4n) is 3.55. The highest BCUT2D eigenvalue weighted by molar-refractivity contribution is 5.81. The van der Waals surface area contributed by atoms with Gasteiger partial charge in [0.05, 0.1) is 24.2 Å². The Morgan fingerprint density at radius 1 is 0.968 bits per heavy atom. The SMILES string of the molecule is COc1ccccc1OCc1nc2ccccc2n1CC(=O)NC(C)c1ccccc1. The van der Waals surface area contributed by atoms with E-state index in [1.54, 1.807) is 7.11 Å². The number of hydrogen-bond donors (Lipinski definition) is 1. The van der Waals surface area contributed by atoms with Gasteiger partial charge in [0.25, 0.3) is 0 Å². The van der Waals surface area contributed by atoms with E-state index in [0.717, 1.165) is 16.6 Å². The summed E-state index contributed by atoms with van der Waals surface area (Å²) in [5.74, 6) is 1.87. The topological polar surface area (TPSA) is 65.4 Å². The minimum absolute atomic E-state index is 0.0851. The van der Waals surface area contributed by atoms with Crippen molar-refractivity contribution in [1.29, 1.82) is 0 Å². The number of amides is 1. The van der Waals surface area contributed by atoms with Crippen LogP contribution in [0.25, 0.3) is 11.0 Å². The average molecular weight is 415 g/mol. The molecule has 158 valence electrons. The number of methoxy groups -OCH3 is 1. The number of ether oxygens (including phenoxy) is 2. The van der Waals surface area contributed by atoms with Crippen molar-refractivity contribution in [1.82, 2.24) is 14.9 Å². The summed E-state index contributed by atoms with van der Waals surface area (Å²) in [6, 6.07) is 25.1. The van der Waals surface area contributed by atoms with Crippen LogP contribution in [-0.2, 0) is 17.9 Å². The van der Waals surface area contributed by atoms with E-state index in [0.29, 0.717) is 17.3 Å². The van der Waals surface area contributed by atoms with E-state index in [1.807, 2.05) is 90.4 Å². The van der Waals surface area contributed by atoms with Crippen molar-refractivity contribution in [2.45, 2.75) is 26.1 Å². The van der Waals surface area contributed by atoms with Gasteiger partial charge in [-0.1, -0.05) is 54.6 Å². The number of rotatable bonds is 8. The molecule has 0 bridgehead atoms. The lowest BCUT2D eigenvalue weighted by atomic mass is 10.1. The Bertz CT molecular complexity index is 1170. The fourth-order valence-corrected chi connectivity index (χ4v) is 3.55. The van der Waals surface area contributed by atoms with Gasteiger partial charge < -0.3 is 19.4 Å². The zero-order valence-electron chi connectivity index (χ0n) is 17.6. The summed E-state index contributed by atoms with van der Waals surface area (Å²) in [6.45, 7) is 2.35. The average Bonchev–Trinajstić information content (AvgIpc) is 3.15. The van der Waals surface area contributed by atoms with Gasteiger partial charge in [-0.2, -0.15) is 0 Å². The lowest BCUT2D eigenvalue weighted by Gasteiger charge is -2.16. The smallest absolute Gasteiger partial charge is 0.240 e. The van der Waals surface area contributed by atoms with E-state index in [-0.39, 0.29) is 25.1 Å². The van der Waals surface area contributed by atoms with Crippen molar-refractivity contribution in [3.05, 3.63) is 90.3 Å². The normalized spacial score (nSPS) is 11.8. The van der Waals surface area contributed by atoms with Crippen LogP contribution in [-0.4, -0.2) is 22.6 Å². The molecule has 1 unspecified atom stereocenters. The van der Waals surface area contributed by atoms with Crippen LogP contribution in [0, 0.1) is 0 Å². The quantitative estimate of drug-likeness (QED) is 0.460. The third kappa shape index (κ3) is 4.69. The number of imidazole rings is 1. The predicted octanol–water partition coefficient (Wildman–Crippen LogP) is 4.50. The first-order valence-electron chi connectivity index (χ1n) is 10.2. The van der Waals surface area contributed by atoms with E-state index < -0.39 is 0 Å². The van der Waals surface area contributed by atoms with Crippen molar-refractivity contribution in [3.8, 4) is 11.5 Å². The van der Waals surface area contributed by atoms with Gasteiger partial charge in [-0.3, -0.25) is 4.79 Å². The minimum atomic E-state index is -0.0863. The Kier molecular flexibility index (Phi) is 6.17. The van der Waals surface area contributed by atoms with Gasteiger partial charge in [0, 0.05) is 0 Å². The molecule has 3 aromatic carbocycles. The first-order valence-corrected chi connectivity index (χ1v) is 10.2. The van der Waals surface area contributed by atoms with E-state index in [1.165, 1.54) is 0 Å². The van der Waals surface area contributed by atoms with Crippen LogP contribution >= 0.6 is 0 Å². The molecule has 0 radical (unpaired) electrons. The van der Waals surface area contributed by atoms with Crippen LogP contribution in [0.2, 0.25) is 0 Å². The summed E-state index contributed by atoms with van der Waals surface area (Å²) in [6.07, 6.45) is 0. The van der Waals surface area contributed by atoms with Crippen LogP contribution in [0.5, 0.6) is 11.5 Å². The molecule has 1 atom stereocenters. The molecule has 4 aromatic rings. The molecule has 0 saturated heterocycles. The molecular formula is C25H25N3O3. The maximum atomic E-state index is 12.8. The summed E-state index contributed by atoms with van der Waals surface area (Å²) < 4.78 is 13.2. The number of benzene rings is 3. The molecule has 0 saturated carbocycles. The highest BCUT2D eigenvalue weighted by atomic mass is 16.5. The Morgan fingerprint density at radius 3 is 2.42 bits per heavy atom. The lowest BCUT2D eigenvalue weighted by molar-refractivity contribution is -0.122. The van der Waals surface area contributed by atoms with Gasteiger partial charge in [0.1, 0.15) is 19.0 Å². The Morgan fingerprint density at radius 2 is 1.65 bits per heavy atom. The molecule has 1 N–H and O–H groups in total. The van der Waals surface area contributed by atoms with E-state index in [2.05, 4.69) is 5.32 Å². The van der Waals surface area contributed by atoms with Crippen LogP contribution in [0.4, 0.5) is 0 Å². The maximum Gasteiger partial charge on any atom is 0.240 e. The number of carbonyl (C=O) groups excluding carboxylic acids is 1. The van der Waals surface area contributed by atoms with Crippen LogP contribution in [0.15, 0.2) is 78.9 Å². The number of para-hydroxylation sites is 4. The molecule has 6 heteroatoms. The molecule has 4 rings (SSSR count). The van der Waals surface area contributed by atoms with Crippen molar-refractivity contribution in [3.63, 3.8) is 0 Å². The number of fused-ring (bicyclic) bond motifs is 1. The second-order valence-corrected chi connectivity index (χ2v) is 7.24. The number of nitrogens with zero attached hydrogens (tertiary/aromatic N) is 2. The number of carbonyl (C=O) groups is 1. The third-order valence-electron chi connectivity index (χ3n) is 5.14. The predicted molar refractivity (Wildman–Crippen MR) is 120 cm³/mol. The van der Waals surface area contributed by atoms with Crippen molar-refractivity contribution in [2.75, 3.05) is 7.11 Å². The Balaban J connectivity index is 1.54. The minimum Gasteiger partial charge on any atom is -0.493 e. The molecule has 0 fully saturated rings. The summed E-state index contributed by atoms with van der Waals surface area (Å²) in [7, 11) is 1.61.